The minimum absolute atomic E-state index is 0.411. The Hall–Kier alpha value is -0.430. The Morgan fingerprint density at radius 3 is 2.64 bits per heavy atom. The summed E-state index contributed by atoms with van der Waals surface area (Å²) in [4.78, 5) is 0. The molecule has 0 saturated carbocycles. The van der Waals surface area contributed by atoms with Crippen molar-refractivity contribution in [2.45, 2.75) is 13.0 Å². The minimum atomic E-state index is -0.551. The van der Waals surface area contributed by atoms with Crippen molar-refractivity contribution < 1.29 is 4.74 Å². The van der Waals surface area contributed by atoms with E-state index in [1.54, 1.807) is 19.1 Å². The molecule has 0 aliphatic heterocycles. The molecule has 0 aliphatic rings. The third kappa shape index (κ3) is 2.78. The van der Waals surface area contributed by atoms with E-state index in [2.05, 4.69) is 15.9 Å². The quantitative estimate of drug-likeness (QED) is 0.771. The van der Waals surface area contributed by atoms with Crippen LogP contribution in [0.2, 0.25) is 10.0 Å². The van der Waals surface area contributed by atoms with Gasteiger partial charge in [-0.1, -0.05) is 23.2 Å². The van der Waals surface area contributed by atoms with E-state index >= 15 is 0 Å². The highest BCUT2D eigenvalue weighted by Gasteiger charge is 2.09. The van der Waals surface area contributed by atoms with Gasteiger partial charge < -0.3 is 4.74 Å². The Morgan fingerprint density at radius 2 is 2.07 bits per heavy atom. The SMILES string of the molecule is CC(C#N)Oc1cc(Cl)c(Br)cc1Cl. The monoisotopic (exact) mass is 293 g/mol. The molecule has 0 aromatic heterocycles. The molecule has 74 valence electrons. The number of halogens is 3. The van der Waals surface area contributed by atoms with Gasteiger partial charge in [0.25, 0.3) is 0 Å². The average molecular weight is 295 g/mol. The molecule has 0 saturated heterocycles. The van der Waals surface area contributed by atoms with Crippen LogP contribution in [0, 0.1) is 11.3 Å². The summed E-state index contributed by atoms with van der Waals surface area (Å²) in [6, 6.07) is 5.14. The number of nitriles is 1. The summed E-state index contributed by atoms with van der Waals surface area (Å²) in [5.74, 6) is 0.411. The van der Waals surface area contributed by atoms with E-state index < -0.39 is 6.10 Å². The summed E-state index contributed by atoms with van der Waals surface area (Å²) >= 11 is 15.0. The Labute approximate surface area is 101 Å². The molecule has 1 atom stereocenters. The summed E-state index contributed by atoms with van der Waals surface area (Å²) < 4.78 is 5.93. The number of rotatable bonds is 2. The van der Waals surface area contributed by atoms with E-state index in [9.17, 15) is 0 Å². The van der Waals surface area contributed by atoms with Crippen LogP contribution in [0.25, 0.3) is 0 Å². The topological polar surface area (TPSA) is 33.0 Å². The molecule has 0 spiro atoms. The van der Waals surface area contributed by atoms with Crippen LogP contribution in [0.1, 0.15) is 6.92 Å². The molecule has 1 aromatic carbocycles. The predicted octanol–water partition coefficient (Wildman–Crippen LogP) is 4.05. The highest BCUT2D eigenvalue weighted by molar-refractivity contribution is 9.10. The molecule has 0 bridgehead atoms. The van der Waals surface area contributed by atoms with E-state index in [4.69, 9.17) is 33.2 Å². The zero-order chi connectivity index (χ0) is 10.7. The maximum absolute atomic E-state index is 8.55. The number of hydrogen-bond acceptors (Lipinski definition) is 2. The average Bonchev–Trinajstić information content (AvgIpc) is 2.14. The molecule has 0 N–H and O–H groups in total. The van der Waals surface area contributed by atoms with Gasteiger partial charge in [0.05, 0.1) is 10.0 Å². The van der Waals surface area contributed by atoms with Gasteiger partial charge in [-0.05, 0) is 28.9 Å². The first kappa shape index (κ1) is 11.6. The van der Waals surface area contributed by atoms with Crippen LogP contribution < -0.4 is 4.74 Å². The van der Waals surface area contributed by atoms with Crippen LogP contribution in [0.4, 0.5) is 0 Å². The summed E-state index contributed by atoms with van der Waals surface area (Å²) in [6.07, 6.45) is -0.551. The number of benzene rings is 1. The summed E-state index contributed by atoms with van der Waals surface area (Å²) in [6.45, 7) is 1.63. The molecule has 0 aliphatic carbocycles. The molecule has 5 heteroatoms. The lowest BCUT2D eigenvalue weighted by Gasteiger charge is -2.10. The van der Waals surface area contributed by atoms with Crippen LogP contribution in [0.5, 0.6) is 5.75 Å². The zero-order valence-electron chi connectivity index (χ0n) is 7.22. The van der Waals surface area contributed by atoms with Crippen molar-refractivity contribution in [3.05, 3.63) is 26.7 Å². The molecule has 1 rings (SSSR count). The van der Waals surface area contributed by atoms with Gasteiger partial charge in [0.1, 0.15) is 11.8 Å². The van der Waals surface area contributed by atoms with Gasteiger partial charge >= 0.3 is 0 Å². The van der Waals surface area contributed by atoms with Gasteiger partial charge in [-0.15, -0.1) is 0 Å². The van der Waals surface area contributed by atoms with Crippen LogP contribution in [0.3, 0.4) is 0 Å². The first-order chi connectivity index (χ1) is 6.54. The third-order valence-electron chi connectivity index (χ3n) is 1.46. The summed E-state index contributed by atoms with van der Waals surface area (Å²) in [5.41, 5.74) is 0. The van der Waals surface area contributed by atoms with Crippen LogP contribution in [0.15, 0.2) is 16.6 Å². The van der Waals surface area contributed by atoms with Gasteiger partial charge in [0.2, 0.25) is 0 Å². The largest absolute Gasteiger partial charge is 0.474 e. The van der Waals surface area contributed by atoms with Gasteiger partial charge in [-0.25, -0.2) is 0 Å². The van der Waals surface area contributed by atoms with Crippen LogP contribution in [-0.2, 0) is 0 Å². The molecule has 2 nitrogen and oxygen atoms in total. The lowest BCUT2D eigenvalue weighted by Crippen LogP contribution is -2.08. The second-order valence-corrected chi connectivity index (χ2v) is 4.25. The second-order valence-electron chi connectivity index (χ2n) is 2.59. The maximum Gasteiger partial charge on any atom is 0.181 e. The number of ether oxygens (including phenoxy) is 1. The van der Waals surface area contributed by atoms with E-state index in [1.165, 1.54) is 0 Å². The molecule has 0 fully saturated rings. The summed E-state index contributed by atoms with van der Waals surface area (Å²) in [7, 11) is 0. The Morgan fingerprint density at radius 1 is 1.43 bits per heavy atom. The fraction of sp³-hybridized carbons (Fsp3) is 0.222. The van der Waals surface area contributed by atoms with E-state index in [-0.39, 0.29) is 0 Å². The fourth-order valence-electron chi connectivity index (χ4n) is 0.811. The van der Waals surface area contributed by atoms with Crippen molar-refractivity contribution in [2.24, 2.45) is 0 Å². The Kier molecular flexibility index (Phi) is 4.06. The van der Waals surface area contributed by atoms with Gasteiger partial charge in [0, 0.05) is 10.5 Å². The smallest absolute Gasteiger partial charge is 0.181 e. The molecule has 0 amide bonds. The zero-order valence-corrected chi connectivity index (χ0v) is 10.3. The highest BCUT2D eigenvalue weighted by atomic mass is 79.9. The van der Waals surface area contributed by atoms with E-state index in [1.807, 2.05) is 6.07 Å². The van der Waals surface area contributed by atoms with Gasteiger partial charge in [-0.3, -0.25) is 0 Å². The molecular formula is C9H6BrCl2NO. The first-order valence-electron chi connectivity index (χ1n) is 3.75. The van der Waals surface area contributed by atoms with Gasteiger partial charge in [-0.2, -0.15) is 5.26 Å². The molecular weight excluding hydrogens is 289 g/mol. The standard InChI is InChI=1S/C9H6BrCl2NO/c1-5(4-13)14-9-3-7(11)6(10)2-8(9)12/h2-3,5H,1H3. The number of nitrogens with zero attached hydrogens (tertiary/aromatic N) is 1. The van der Waals surface area contributed by atoms with E-state index in [0.29, 0.717) is 20.3 Å². The highest BCUT2D eigenvalue weighted by Crippen LogP contribution is 2.34. The second kappa shape index (κ2) is 4.88. The maximum atomic E-state index is 8.55. The lowest BCUT2D eigenvalue weighted by atomic mass is 10.3. The Balaban J connectivity index is 2.99. The lowest BCUT2D eigenvalue weighted by molar-refractivity contribution is 0.276. The van der Waals surface area contributed by atoms with Crippen molar-refractivity contribution in [2.75, 3.05) is 0 Å². The molecule has 0 radical (unpaired) electrons. The Bertz CT molecular complexity index is 389. The minimum Gasteiger partial charge on any atom is -0.474 e. The normalized spacial score (nSPS) is 11.9. The van der Waals surface area contributed by atoms with Crippen molar-refractivity contribution in [1.82, 2.24) is 0 Å². The van der Waals surface area contributed by atoms with Crippen LogP contribution in [-0.4, -0.2) is 6.10 Å². The van der Waals surface area contributed by atoms with Crippen LogP contribution >= 0.6 is 39.1 Å². The summed E-state index contributed by atoms with van der Waals surface area (Å²) in [5, 5.41) is 9.47. The number of hydrogen-bond donors (Lipinski definition) is 0. The first-order valence-corrected chi connectivity index (χ1v) is 5.30. The molecule has 0 heterocycles. The van der Waals surface area contributed by atoms with Crippen molar-refractivity contribution >= 4 is 39.1 Å². The van der Waals surface area contributed by atoms with Gasteiger partial charge in [0.15, 0.2) is 6.10 Å². The molecule has 1 unspecified atom stereocenters. The fourth-order valence-corrected chi connectivity index (χ4v) is 1.65. The van der Waals surface area contributed by atoms with Crippen molar-refractivity contribution in [1.29, 1.82) is 5.26 Å². The molecule has 1 aromatic rings. The molecule has 14 heavy (non-hydrogen) atoms. The van der Waals surface area contributed by atoms with Crippen molar-refractivity contribution in [3.63, 3.8) is 0 Å². The third-order valence-corrected chi connectivity index (χ3v) is 2.95. The predicted molar refractivity (Wildman–Crippen MR) is 59.9 cm³/mol. The van der Waals surface area contributed by atoms with Crippen molar-refractivity contribution in [3.8, 4) is 11.8 Å². The van der Waals surface area contributed by atoms with E-state index in [0.717, 1.165) is 0 Å².